The number of rotatable bonds is 2. The molecule has 2 aliphatic rings. The van der Waals surface area contributed by atoms with E-state index in [0.29, 0.717) is 18.8 Å². The van der Waals surface area contributed by atoms with Gasteiger partial charge in [0.2, 0.25) is 0 Å². The number of urea groups is 1. The number of nitrogens with two attached hydrogens (primary N) is 1. The predicted octanol–water partition coefficient (Wildman–Crippen LogP) is 2.40. The van der Waals surface area contributed by atoms with Crippen molar-refractivity contribution < 1.29 is 17.6 Å². The van der Waals surface area contributed by atoms with Gasteiger partial charge < -0.3 is 16.0 Å². The molecule has 0 bridgehead atoms. The molecule has 0 saturated carbocycles. The van der Waals surface area contributed by atoms with Crippen LogP contribution in [0.2, 0.25) is 0 Å². The Labute approximate surface area is 164 Å². The number of anilines is 1. The summed E-state index contributed by atoms with van der Waals surface area (Å²) < 4.78 is 38.8. The fourth-order valence-corrected chi connectivity index (χ4v) is 5.01. The van der Waals surface area contributed by atoms with E-state index in [0.717, 1.165) is 6.42 Å². The summed E-state index contributed by atoms with van der Waals surface area (Å²) in [6.45, 7) is 5.61. The van der Waals surface area contributed by atoms with Gasteiger partial charge in [0, 0.05) is 24.3 Å². The van der Waals surface area contributed by atoms with Crippen LogP contribution in [0, 0.1) is 5.82 Å². The number of hydrogen-bond donors (Lipinski definition) is 2. The van der Waals surface area contributed by atoms with Gasteiger partial charge in [-0.25, -0.2) is 17.6 Å². The van der Waals surface area contributed by atoms with Gasteiger partial charge in [-0.15, -0.1) is 0 Å². The molecule has 0 radical (unpaired) electrons. The number of benzene rings is 1. The molecular weight excluding hydrogens is 383 g/mol. The second-order valence-corrected chi connectivity index (χ2v) is 10.4. The molecular formula is C19H25FN4O3S. The van der Waals surface area contributed by atoms with E-state index in [2.05, 4.69) is 10.3 Å². The van der Waals surface area contributed by atoms with Crippen LogP contribution in [-0.2, 0) is 15.4 Å². The van der Waals surface area contributed by atoms with E-state index in [1.165, 1.54) is 39.0 Å². The second-order valence-electron chi connectivity index (χ2n) is 7.87. The molecule has 152 valence electrons. The van der Waals surface area contributed by atoms with Crippen LogP contribution >= 0.6 is 0 Å². The van der Waals surface area contributed by atoms with Gasteiger partial charge >= 0.3 is 6.03 Å². The van der Waals surface area contributed by atoms with Crippen molar-refractivity contribution in [2.75, 3.05) is 24.2 Å². The number of amides is 2. The summed E-state index contributed by atoms with van der Waals surface area (Å²) in [6, 6.07) is 3.77. The van der Waals surface area contributed by atoms with Crippen molar-refractivity contribution in [2.24, 2.45) is 10.7 Å². The molecule has 3 rings (SSSR count). The molecule has 0 spiro atoms. The number of carbonyl (C=O) groups is 1. The number of nitrogens with one attached hydrogen (secondary N) is 1. The minimum atomic E-state index is -3.66. The lowest BCUT2D eigenvalue weighted by atomic mass is 9.92. The van der Waals surface area contributed by atoms with Gasteiger partial charge in [0.1, 0.15) is 21.9 Å². The van der Waals surface area contributed by atoms with Gasteiger partial charge in [0.25, 0.3) is 0 Å². The number of halogens is 1. The molecule has 1 aromatic rings. The zero-order chi connectivity index (χ0) is 20.7. The largest absolute Gasteiger partial charge is 0.386 e. The highest BCUT2D eigenvalue weighted by atomic mass is 32.2. The first-order valence-corrected chi connectivity index (χ1v) is 10.7. The summed E-state index contributed by atoms with van der Waals surface area (Å²) in [5.74, 6) is -1.04. The molecule has 1 aromatic carbocycles. The van der Waals surface area contributed by atoms with Gasteiger partial charge in [0.05, 0.1) is 5.75 Å². The summed E-state index contributed by atoms with van der Waals surface area (Å²) in [6.07, 6.45) is 4.70. The topological polar surface area (TPSA) is 105 Å². The first-order valence-electron chi connectivity index (χ1n) is 9.05. The molecule has 0 aliphatic carbocycles. The standard InChI is InChI=1S/C19H25FN4O3S/c1-18(2)16(21)23-19(3,12-28(18,26)27)14-11-13(7-8-15(14)20)22-17(25)24-9-5-4-6-10-24/h4-5,7-8,11H,6,9-10,12H2,1-3H3,(H2,21,23)(H,22,25). The summed E-state index contributed by atoms with van der Waals surface area (Å²) in [7, 11) is -3.66. The lowest BCUT2D eigenvalue weighted by molar-refractivity contribution is 0.216. The van der Waals surface area contributed by atoms with Gasteiger partial charge in [-0.2, -0.15) is 0 Å². The summed E-state index contributed by atoms with van der Waals surface area (Å²) in [4.78, 5) is 18.4. The number of aliphatic imine (C=N–C) groups is 1. The Hall–Kier alpha value is -2.42. The Morgan fingerprint density at radius 3 is 2.61 bits per heavy atom. The lowest BCUT2D eigenvalue weighted by Gasteiger charge is -2.38. The molecule has 9 heteroatoms. The van der Waals surface area contributed by atoms with Crippen LogP contribution in [0.15, 0.2) is 35.3 Å². The Balaban J connectivity index is 1.94. The number of sulfone groups is 1. The quantitative estimate of drug-likeness (QED) is 0.733. The zero-order valence-electron chi connectivity index (χ0n) is 16.2. The van der Waals surface area contributed by atoms with Crippen molar-refractivity contribution in [2.45, 2.75) is 37.5 Å². The maximum absolute atomic E-state index is 14.6. The van der Waals surface area contributed by atoms with Gasteiger partial charge in [-0.3, -0.25) is 4.99 Å². The fraction of sp³-hybridized carbons (Fsp3) is 0.474. The molecule has 7 nitrogen and oxygen atoms in total. The van der Waals surface area contributed by atoms with E-state index < -0.39 is 25.9 Å². The van der Waals surface area contributed by atoms with Crippen molar-refractivity contribution in [3.63, 3.8) is 0 Å². The highest BCUT2D eigenvalue weighted by Gasteiger charge is 2.49. The average molecular weight is 408 g/mol. The van der Waals surface area contributed by atoms with E-state index in [9.17, 15) is 17.6 Å². The van der Waals surface area contributed by atoms with Crippen molar-refractivity contribution in [3.8, 4) is 0 Å². The molecule has 2 heterocycles. The van der Waals surface area contributed by atoms with Crippen molar-refractivity contribution in [3.05, 3.63) is 41.7 Å². The Bertz CT molecular complexity index is 971. The molecule has 0 saturated heterocycles. The third-order valence-electron chi connectivity index (χ3n) is 5.38. The van der Waals surface area contributed by atoms with Gasteiger partial charge in [-0.1, -0.05) is 12.2 Å². The highest BCUT2D eigenvalue weighted by molar-refractivity contribution is 7.93. The van der Waals surface area contributed by atoms with Crippen molar-refractivity contribution >= 4 is 27.4 Å². The van der Waals surface area contributed by atoms with Crippen LogP contribution < -0.4 is 11.1 Å². The maximum atomic E-state index is 14.6. The Kier molecular flexibility index (Phi) is 4.99. The highest BCUT2D eigenvalue weighted by Crippen LogP contribution is 2.38. The summed E-state index contributed by atoms with van der Waals surface area (Å²) >= 11 is 0. The van der Waals surface area contributed by atoms with E-state index >= 15 is 0 Å². The fourth-order valence-electron chi connectivity index (χ4n) is 3.32. The van der Waals surface area contributed by atoms with E-state index in [-0.39, 0.29) is 23.2 Å². The first kappa shape index (κ1) is 20.3. The zero-order valence-corrected chi connectivity index (χ0v) is 17.0. The van der Waals surface area contributed by atoms with Crippen molar-refractivity contribution in [1.82, 2.24) is 4.90 Å². The molecule has 0 fully saturated rings. The minimum Gasteiger partial charge on any atom is -0.386 e. The minimum absolute atomic E-state index is 0.0600. The Morgan fingerprint density at radius 2 is 2.00 bits per heavy atom. The van der Waals surface area contributed by atoms with E-state index in [4.69, 9.17) is 5.73 Å². The van der Waals surface area contributed by atoms with Crippen LogP contribution in [0.1, 0.15) is 32.8 Å². The number of carbonyl (C=O) groups excluding carboxylic acids is 1. The van der Waals surface area contributed by atoms with Crippen LogP contribution in [0.5, 0.6) is 0 Å². The average Bonchev–Trinajstić information content (AvgIpc) is 2.62. The maximum Gasteiger partial charge on any atom is 0.322 e. The molecule has 3 N–H and O–H groups in total. The molecule has 2 aliphatic heterocycles. The molecule has 1 unspecified atom stereocenters. The Morgan fingerprint density at radius 1 is 1.29 bits per heavy atom. The van der Waals surface area contributed by atoms with Gasteiger partial charge in [-0.05, 0) is 45.4 Å². The number of nitrogens with zero attached hydrogens (tertiary/aromatic N) is 2. The third kappa shape index (κ3) is 3.50. The van der Waals surface area contributed by atoms with Crippen LogP contribution in [0.3, 0.4) is 0 Å². The van der Waals surface area contributed by atoms with Gasteiger partial charge in [0.15, 0.2) is 9.84 Å². The lowest BCUT2D eigenvalue weighted by Crippen LogP contribution is -2.55. The predicted molar refractivity (Wildman–Crippen MR) is 108 cm³/mol. The molecule has 28 heavy (non-hydrogen) atoms. The SMILES string of the molecule is CC1(c2cc(NC(=O)N3CC=CCC3)ccc2F)CS(=O)(=O)C(C)(C)C(N)=N1. The summed E-state index contributed by atoms with van der Waals surface area (Å²) in [5, 5.41) is 2.74. The smallest absolute Gasteiger partial charge is 0.322 e. The number of hydrogen-bond acceptors (Lipinski definition) is 5. The van der Waals surface area contributed by atoms with E-state index in [1.807, 2.05) is 12.2 Å². The summed E-state index contributed by atoms with van der Waals surface area (Å²) in [5.41, 5.74) is 5.00. The molecule has 2 amide bonds. The van der Waals surface area contributed by atoms with Crippen molar-refractivity contribution in [1.29, 1.82) is 0 Å². The number of amidine groups is 1. The monoisotopic (exact) mass is 408 g/mol. The third-order valence-corrected chi connectivity index (χ3v) is 8.08. The molecule has 1 atom stereocenters. The van der Waals surface area contributed by atoms with Crippen LogP contribution in [0.4, 0.5) is 14.9 Å². The normalized spacial score (nSPS) is 25.9. The van der Waals surface area contributed by atoms with Crippen LogP contribution in [0.25, 0.3) is 0 Å². The molecule has 0 aromatic heterocycles. The second kappa shape index (κ2) is 6.88. The van der Waals surface area contributed by atoms with E-state index in [1.54, 1.807) is 4.90 Å². The van der Waals surface area contributed by atoms with Crippen LogP contribution in [-0.4, -0.2) is 48.8 Å². The first-order chi connectivity index (χ1) is 13.0.